The molecule has 3 aromatic rings. The van der Waals surface area contributed by atoms with Crippen molar-refractivity contribution in [3.8, 4) is 5.75 Å². The number of ether oxygens (including phenoxy) is 1. The Balaban J connectivity index is 1.63. The molecule has 28 heavy (non-hydrogen) atoms. The molecule has 0 aliphatic heterocycles. The molecule has 1 amide bonds. The average Bonchev–Trinajstić information content (AvgIpc) is 2.69. The predicted molar refractivity (Wildman–Crippen MR) is 111 cm³/mol. The van der Waals surface area contributed by atoms with Gasteiger partial charge >= 0.3 is 0 Å². The Hall–Kier alpha value is -3.41. The second kappa shape index (κ2) is 8.08. The molecule has 1 heterocycles. The van der Waals surface area contributed by atoms with Crippen molar-refractivity contribution in [1.29, 1.82) is 0 Å². The standard InChI is InChI=1S/C22H24N4O2/c1-22(2,3)15-5-7-17(8-6-15)24-21(27)19-13-14-20(26-25-19)23-16-9-11-18(28-4)12-10-16/h5-14H,1-4H3,(H,23,26)(H,24,27). The average molecular weight is 376 g/mol. The lowest BCUT2D eigenvalue weighted by atomic mass is 9.87. The maximum atomic E-state index is 12.4. The molecule has 144 valence electrons. The summed E-state index contributed by atoms with van der Waals surface area (Å²) >= 11 is 0. The van der Waals surface area contributed by atoms with Crippen LogP contribution in [0.4, 0.5) is 17.2 Å². The monoisotopic (exact) mass is 376 g/mol. The first-order valence-electron chi connectivity index (χ1n) is 9.02. The zero-order chi connectivity index (χ0) is 20.1. The Bertz CT molecular complexity index is 928. The molecule has 0 saturated carbocycles. The molecule has 0 aliphatic carbocycles. The smallest absolute Gasteiger partial charge is 0.276 e. The van der Waals surface area contributed by atoms with E-state index in [4.69, 9.17) is 4.74 Å². The van der Waals surface area contributed by atoms with Gasteiger partial charge in [-0.3, -0.25) is 4.79 Å². The fourth-order valence-corrected chi connectivity index (χ4v) is 2.59. The lowest BCUT2D eigenvalue weighted by molar-refractivity contribution is 0.102. The number of aromatic nitrogens is 2. The lowest BCUT2D eigenvalue weighted by Gasteiger charge is -2.19. The third kappa shape index (κ3) is 4.85. The molecule has 2 N–H and O–H groups in total. The fourth-order valence-electron chi connectivity index (χ4n) is 2.59. The summed E-state index contributed by atoms with van der Waals surface area (Å²) in [4.78, 5) is 12.4. The van der Waals surface area contributed by atoms with Crippen LogP contribution in [-0.4, -0.2) is 23.2 Å². The first-order chi connectivity index (χ1) is 13.3. The Morgan fingerprint density at radius 3 is 2.04 bits per heavy atom. The van der Waals surface area contributed by atoms with E-state index in [1.165, 1.54) is 5.56 Å². The van der Waals surface area contributed by atoms with E-state index in [-0.39, 0.29) is 17.0 Å². The molecule has 0 radical (unpaired) electrons. The van der Waals surface area contributed by atoms with Gasteiger partial charge in [0, 0.05) is 11.4 Å². The number of nitrogens with one attached hydrogen (secondary N) is 2. The SMILES string of the molecule is COc1ccc(Nc2ccc(C(=O)Nc3ccc(C(C)(C)C)cc3)nn2)cc1. The van der Waals surface area contributed by atoms with Gasteiger partial charge in [-0.1, -0.05) is 32.9 Å². The first kappa shape index (κ1) is 19.4. The third-order valence-corrected chi connectivity index (χ3v) is 4.27. The number of nitrogens with zero attached hydrogens (tertiary/aromatic N) is 2. The van der Waals surface area contributed by atoms with Gasteiger partial charge in [-0.15, -0.1) is 10.2 Å². The van der Waals surface area contributed by atoms with Crippen molar-refractivity contribution in [2.24, 2.45) is 0 Å². The molecule has 0 aliphatic rings. The highest BCUT2D eigenvalue weighted by atomic mass is 16.5. The van der Waals surface area contributed by atoms with E-state index in [2.05, 4.69) is 41.6 Å². The molecule has 0 spiro atoms. The quantitative estimate of drug-likeness (QED) is 0.670. The van der Waals surface area contributed by atoms with E-state index in [0.717, 1.165) is 17.1 Å². The summed E-state index contributed by atoms with van der Waals surface area (Å²) in [5.74, 6) is 1.03. The van der Waals surface area contributed by atoms with Gasteiger partial charge < -0.3 is 15.4 Å². The molecular formula is C22H24N4O2. The van der Waals surface area contributed by atoms with Crippen molar-refractivity contribution in [3.05, 3.63) is 71.9 Å². The molecule has 0 fully saturated rings. The van der Waals surface area contributed by atoms with Crippen LogP contribution >= 0.6 is 0 Å². The molecule has 3 rings (SSSR count). The van der Waals surface area contributed by atoms with E-state index >= 15 is 0 Å². The minimum Gasteiger partial charge on any atom is -0.497 e. The molecule has 0 bridgehead atoms. The van der Waals surface area contributed by atoms with E-state index in [1.54, 1.807) is 19.2 Å². The third-order valence-electron chi connectivity index (χ3n) is 4.27. The van der Waals surface area contributed by atoms with Gasteiger partial charge in [0.25, 0.3) is 5.91 Å². The van der Waals surface area contributed by atoms with Crippen molar-refractivity contribution in [1.82, 2.24) is 10.2 Å². The van der Waals surface area contributed by atoms with E-state index in [0.29, 0.717) is 5.82 Å². The number of anilines is 3. The number of benzene rings is 2. The van der Waals surface area contributed by atoms with Gasteiger partial charge in [0.05, 0.1) is 7.11 Å². The van der Waals surface area contributed by atoms with Crippen molar-refractivity contribution in [3.63, 3.8) is 0 Å². The fraction of sp³-hybridized carbons (Fsp3) is 0.227. The Morgan fingerprint density at radius 1 is 0.857 bits per heavy atom. The molecule has 0 atom stereocenters. The number of carbonyl (C=O) groups is 1. The van der Waals surface area contributed by atoms with E-state index < -0.39 is 0 Å². The largest absolute Gasteiger partial charge is 0.497 e. The van der Waals surface area contributed by atoms with Crippen molar-refractivity contribution >= 4 is 23.1 Å². The predicted octanol–water partition coefficient (Wildman–Crippen LogP) is 4.78. The summed E-state index contributed by atoms with van der Waals surface area (Å²) in [5, 5.41) is 14.1. The summed E-state index contributed by atoms with van der Waals surface area (Å²) in [7, 11) is 1.62. The van der Waals surface area contributed by atoms with E-state index in [9.17, 15) is 4.79 Å². The van der Waals surface area contributed by atoms with Crippen LogP contribution in [0.5, 0.6) is 5.75 Å². The maximum Gasteiger partial charge on any atom is 0.276 e. The van der Waals surface area contributed by atoms with Gasteiger partial charge in [0.1, 0.15) is 5.75 Å². The van der Waals surface area contributed by atoms with Gasteiger partial charge in [0.2, 0.25) is 0 Å². The number of hydrogen-bond acceptors (Lipinski definition) is 5. The number of rotatable bonds is 5. The van der Waals surface area contributed by atoms with Crippen LogP contribution in [0.25, 0.3) is 0 Å². The Labute approximate surface area is 165 Å². The summed E-state index contributed by atoms with van der Waals surface area (Å²) in [6, 6.07) is 18.6. The molecule has 6 nitrogen and oxygen atoms in total. The molecule has 2 aromatic carbocycles. The highest BCUT2D eigenvalue weighted by molar-refractivity contribution is 6.02. The van der Waals surface area contributed by atoms with Crippen molar-refractivity contribution in [2.75, 3.05) is 17.7 Å². The summed E-state index contributed by atoms with van der Waals surface area (Å²) < 4.78 is 5.13. The van der Waals surface area contributed by atoms with Crippen molar-refractivity contribution < 1.29 is 9.53 Å². The summed E-state index contributed by atoms with van der Waals surface area (Å²) in [6.45, 7) is 6.45. The zero-order valence-corrected chi connectivity index (χ0v) is 16.5. The topological polar surface area (TPSA) is 76.1 Å². The minimum atomic E-state index is -0.299. The van der Waals surface area contributed by atoms with Crippen LogP contribution in [0.1, 0.15) is 36.8 Å². The summed E-state index contributed by atoms with van der Waals surface area (Å²) in [6.07, 6.45) is 0. The second-order valence-corrected chi connectivity index (χ2v) is 7.44. The van der Waals surface area contributed by atoms with Gasteiger partial charge in [0.15, 0.2) is 11.5 Å². The van der Waals surface area contributed by atoms with Crippen molar-refractivity contribution in [2.45, 2.75) is 26.2 Å². The zero-order valence-electron chi connectivity index (χ0n) is 16.5. The van der Waals surface area contributed by atoms with Crippen LogP contribution < -0.4 is 15.4 Å². The second-order valence-electron chi connectivity index (χ2n) is 7.44. The molecule has 0 saturated heterocycles. The number of amides is 1. The molecular weight excluding hydrogens is 352 g/mol. The molecule has 0 unspecified atom stereocenters. The molecule has 1 aromatic heterocycles. The lowest BCUT2D eigenvalue weighted by Crippen LogP contribution is -2.15. The highest BCUT2D eigenvalue weighted by Gasteiger charge is 2.14. The van der Waals surface area contributed by atoms with Gasteiger partial charge in [-0.2, -0.15) is 0 Å². The van der Waals surface area contributed by atoms with Crippen LogP contribution in [0.3, 0.4) is 0 Å². The van der Waals surface area contributed by atoms with Crippen LogP contribution in [-0.2, 0) is 5.41 Å². The first-order valence-corrected chi connectivity index (χ1v) is 9.02. The minimum absolute atomic E-state index is 0.0702. The van der Waals surface area contributed by atoms with E-state index in [1.807, 2.05) is 48.5 Å². The Morgan fingerprint density at radius 2 is 1.50 bits per heavy atom. The number of methoxy groups -OCH3 is 1. The van der Waals surface area contributed by atoms with Gasteiger partial charge in [-0.05, 0) is 59.5 Å². The highest BCUT2D eigenvalue weighted by Crippen LogP contribution is 2.23. The number of hydrogen-bond donors (Lipinski definition) is 2. The Kier molecular flexibility index (Phi) is 5.59. The summed E-state index contributed by atoms with van der Waals surface area (Å²) in [5.41, 5.74) is 3.10. The van der Waals surface area contributed by atoms with Crippen LogP contribution in [0.2, 0.25) is 0 Å². The number of carbonyl (C=O) groups excluding carboxylic acids is 1. The maximum absolute atomic E-state index is 12.4. The molecule has 6 heteroatoms. The normalized spacial score (nSPS) is 11.0. The van der Waals surface area contributed by atoms with Crippen LogP contribution in [0, 0.1) is 0 Å². The van der Waals surface area contributed by atoms with Gasteiger partial charge in [-0.25, -0.2) is 0 Å². The van der Waals surface area contributed by atoms with Crippen LogP contribution in [0.15, 0.2) is 60.7 Å².